The summed E-state index contributed by atoms with van der Waals surface area (Å²) in [6.07, 6.45) is 2.03. The van der Waals surface area contributed by atoms with Gasteiger partial charge in [-0.2, -0.15) is 0 Å². The topological polar surface area (TPSA) is 35.2 Å². The van der Waals surface area contributed by atoms with E-state index in [0.29, 0.717) is 16.0 Å². The number of hydrogen-bond acceptors (Lipinski definition) is 2. The summed E-state index contributed by atoms with van der Waals surface area (Å²) in [7, 11) is 0. The monoisotopic (exact) mass is 259 g/mol. The van der Waals surface area contributed by atoms with Crippen LogP contribution in [0.25, 0.3) is 0 Å². The number of nitrogens with two attached hydrogens (primary N) is 1. The molecule has 1 heterocycles. The first-order valence-electron chi connectivity index (χ1n) is 5.47. The fourth-order valence-corrected chi connectivity index (χ4v) is 2.37. The Morgan fingerprint density at radius 2 is 1.88 bits per heavy atom. The van der Waals surface area contributed by atoms with Crippen LogP contribution in [0.3, 0.4) is 0 Å². The highest BCUT2D eigenvalue weighted by molar-refractivity contribution is 6.42. The summed E-state index contributed by atoms with van der Waals surface area (Å²) in [5.41, 5.74) is 7.29. The fourth-order valence-electron chi connectivity index (χ4n) is 2.07. The quantitative estimate of drug-likeness (QED) is 0.884. The molecule has 1 aliphatic heterocycles. The van der Waals surface area contributed by atoms with E-state index >= 15 is 0 Å². The molecule has 1 atom stereocenters. The lowest BCUT2D eigenvalue weighted by molar-refractivity contribution is 0.0584. The zero-order valence-corrected chi connectivity index (χ0v) is 10.5. The second-order valence-corrected chi connectivity index (χ2v) is 4.96. The summed E-state index contributed by atoms with van der Waals surface area (Å²) in [4.78, 5) is 0. The van der Waals surface area contributed by atoms with Crippen LogP contribution in [0, 0.1) is 5.92 Å². The van der Waals surface area contributed by atoms with Gasteiger partial charge in [0.05, 0.1) is 10.0 Å². The number of ether oxygens (including phenoxy) is 1. The summed E-state index contributed by atoms with van der Waals surface area (Å²) < 4.78 is 5.33. The molecule has 0 amide bonds. The van der Waals surface area contributed by atoms with Gasteiger partial charge in [-0.1, -0.05) is 29.3 Å². The average molecular weight is 260 g/mol. The number of benzene rings is 1. The Bertz CT molecular complexity index is 364. The SMILES string of the molecule is N[C@H](c1ccc(Cl)c(Cl)c1)C1CCOCC1. The van der Waals surface area contributed by atoms with Crippen molar-refractivity contribution in [3.8, 4) is 0 Å². The molecular weight excluding hydrogens is 245 g/mol. The van der Waals surface area contributed by atoms with Gasteiger partial charge in [-0.15, -0.1) is 0 Å². The van der Waals surface area contributed by atoms with Crippen LogP contribution < -0.4 is 5.73 Å². The van der Waals surface area contributed by atoms with Gasteiger partial charge in [0, 0.05) is 19.3 Å². The summed E-state index contributed by atoms with van der Waals surface area (Å²) in [6, 6.07) is 5.65. The van der Waals surface area contributed by atoms with E-state index in [4.69, 9.17) is 33.7 Å². The van der Waals surface area contributed by atoms with Gasteiger partial charge in [-0.05, 0) is 36.5 Å². The molecule has 1 fully saturated rings. The van der Waals surface area contributed by atoms with Gasteiger partial charge in [0.15, 0.2) is 0 Å². The lowest BCUT2D eigenvalue weighted by atomic mass is 9.88. The average Bonchev–Trinajstić information content (AvgIpc) is 2.33. The summed E-state index contributed by atoms with van der Waals surface area (Å²) >= 11 is 11.9. The minimum Gasteiger partial charge on any atom is -0.381 e. The minimum absolute atomic E-state index is 0.0265. The molecule has 88 valence electrons. The van der Waals surface area contributed by atoms with Crippen LogP contribution in [-0.2, 0) is 4.74 Å². The third-order valence-electron chi connectivity index (χ3n) is 3.10. The van der Waals surface area contributed by atoms with Gasteiger partial charge in [-0.25, -0.2) is 0 Å². The van der Waals surface area contributed by atoms with Crippen molar-refractivity contribution in [1.82, 2.24) is 0 Å². The minimum atomic E-state index is 0.0265. The standard InChI is InChI=1S/C12H15Cl2NO/c13-10-2-1-9(7-11(10)14)12(15)8-3-5-16-6-4-8/h1-2,7-8,12H,3-6,15H2/t12-/m0/s1. The van der Waals surface area contributed by atoms with E-state index in [1.165, 1.54) is 0 Å². The summed E-state index contributed by atoms with van der Waals surface area (Å²) in [6.45, 7) is 1.61. The highest BCUT2D eigenvalue weighted by atomic mass is 35.5. The van der Waals surface area contributed by atoms with Crippen molar-refractivity contribution in [3.63, 3.8) is 0 Å². The molecule has 0 aromatic heterocycles. The van der Waals surface area contributed by atoms with Crippen molar-refractivity contribution in [2.75, 3.05) is 13.2 Å². The van der Waals surface area contributed by atoms with Crippen molar-refractivity contribution in [3.05, 3.63) is 33.8 Å². The van der Waals surface area contributed by atoms with E-state index in [1.54, 1.807) is 6.07 Å². The van der Waals surface area contributed by atoms with E-state index in [1.807, 2.05) is 12.1 Å². The molecule has 0 aliphatic carbocycles. The van der Waals surface area contributed by atoms with Crippen molar-refractivity contribution in [2.24, 2.45) is 11.7 Å². The molecule has 2 rings (SSSR count). The molecule has 4 heteroatoms. The lowest BCUT2D eigenvalue weighted by Gasteiger charge is -2.28. The van der Waals surface area contributed by atoms with Crippen LogP contribution >= 0.6 is 23.2 Å². The zero-order valence-electron chi connectivity index (χ0n) is 8.96. The van der Waals surface area contributed by atoms with E-state index in [2.05, 4.69) is 0 Å². The third kappa shape index (κ3) is 2.69. The summed E-state index contributed by atoms with van der Waals surface area (Å²) in [5.74, 6) is 0.478. The van der Waals surface area contributed by atoms with Gasteiger partial charge in [0.25, 0.3) is 0 Å². The molecule has 1 saturated heterocycles. The molecular formula is C12H15Cl2NO. The van der Waals surface area contributed by atoms with Crippen LogP contribution in [0.5, 0.6) is 0 Å². The maximum absolute atomic E-state index is 6.23. The molecule has 1 aromatic rings. The molecule has 0 bridgehead atoms. The smallest absolute Gasteiger partial charge is 0.0595 e. The van der Waals surface area contributed by atoms with Gasteiger partial charge in [-0.3, -0.25) is 0 Å². The van der Waals surface area contributed by atoms with Crippen molar-refractivity contribution in [2.45, 2.75) is 18.9 Å². The Balaban J connectivity index is 2.12. The van der Waals surface area contributed by atoms with Gasteiger partial charge >= 0.3 is 0 Å². The van der Waals surface area contributed by atoms with E-state index in [9.17, 15) is 0 Å². The number of rotatable bonds is 2. The second kappa shape index (κ2) is 5.37. The highest BCUT2D eigenvalue weighted by Gasteiger charge is 2.22. The molecule has 2 N–H and O–H groups in total. The Labute approximate surface area is 106 Å². The van der Waals surface area contributed by atoms with Crippen LogP contribution in [0.15, 0.2) is 18.2 Å². The number of hydrogen-bond donors (Lipinski definition) is 1. The molecule has 1 aromatic carbocycles. The van der Waals surface area contributed by atoms with Crippen molar-refractivity contribution < 1.29 is 4.74 Å². The lowest BCUT2D eigenvalue weighted by Crippen LogP contribution is -2.27. The van der Waals surface area contributed by atoms with E-state index < -0.39 is 0 Å². The predicted octanol–water partition coefficient (Wildman–Crippen LogP) is 3.42. The molecule has 16 heavy (non-hydrogen) atoms. The normalized spacial score (nSPS) is 19.7. The Morgan fingerprint density at radius 1 is 1.19 bits per heavy atom. The van der Waals surface area contributed by atoms with Gasteiger partial charge in [0.2, 0.25) is 0 Å². The predicted molar refractivity (Wildman–Crippen MR) is 66.9 cm³/mol. The zero-order chi connectivity index (χ0) is 11.5. The Morgan fingerprint density at radius 3 is 2.50 bits per heavy atom. The van der Waals surface area contributed by atoms with E-state index in [-0.39, 0.29) is 6.04 Å². The first-order chi connectivity index (χ1) is 7.68. The van der Waals surface area contributed by atoms with Crippen LogP contribution in [0.4, 0.5) is 0 Å². The van der Waals surface area contributed by atoms with Crippen molar-refractivity contribution in [1.29, 1.82) is 0 Å². The summed E-state index contributed by atoms with van der Waals surface area (Å²) in [5, 5.41) is 1.14. The maximum atomic E-state index is 6.23. The molecule has 0 spiro atoms. The Hall–Kier alpha value is -0.280. The largest absolute Gasteiger partial charge is 0.381 e. The molecule has 0 unspecified atom stereocenters. The van der Waals surface area contributed by atoms with E-state index in [0.717, 1.165) is 31.6 Å². The Kier molecular flexibility index (Phi) is 4.09. The third-order valence-corrected chi connectivity index (χ3v) is 3.84. The first kappa shape index (κ1) is 12.2. The number of halogens is 2. The maximum Gasteiger partial charge on any atom is 0.0595 e. The highest BCUT2D eigenvalue weighted by Crippen LogP contribution is 2.31. The van der Waals surface area contributed by atoms with Crippen LogP contribution in [0.1, 0.15) is 24.4 Å². The van der Waals surface area contributed by atoms with Gasteiger partial charge in [0.1, 0.15) is 0 Å². The first-order valence-corrected chi connectivity index (χ1v) is 6.22. The van der Waals surface area contributed by atoms with Gasteiger partial charge < -0.3 is 10.5 Å². The molecule has 2 nitrogen and oxygen atoms in total. The fraction of sp³-hybridized carbons (Fsp3) is 0.500. The molecule has 0 radical (unpaired) electrons. The second-order valence-electron chi connectivity index (χ2n) is 4.15. The van der Waals surface area contributed by atoms with Crippen LogP contribution in [-0.4, -0.2) is 13.2 Å². The molecule has 1 aliphatic rings. The van der Waals surface area contributed by atoms with Crippen molar-refractivity contribution >= 4 is 23.2 Å². The molecule has 0 saturated carbocycles. The van der Waals surface area contributed by atoms with Crippen LogP contribution in [0.2, 0.25) is 10.0 Å².